The zero-order chi connectivity index (χ0) is 9.84. The van der Waals surface area contributed by atoms with E-state index >= 15 is 0 Å². The van der Waals surface area contributed by atoms with Gasteiger partial charge in [-0.15, -0.1) is 11.3 Å². The maximum Gasteiger partial charge on any atom is 0.255 e. The summed E-state index contributed by atoms with van der Waals surface area (Å²) in [6, 6.07) is -1.01. The van der Waals surface area contributed by atoms with E-state index in [1.807, 2.05) is 6.92 Å². The molecule has 3 nitrogen and oxygen atoms in total. The van der Waals surface area contributed by atoms with Gasteiger partial charge < -0.3 is 0 Å². The summed E-state index contributed by atoms with van der Waals surface area (Å²) >= 11 is 1.44. The molecule has 1 heterocycles. The molecule has 0 aliphatic rings. The van der Waals surface area contributed by atoms with Crippen LogP contribution in [-0.2, 0) is 6.42 Å². The van der Waals surface area contributed by atoms with Crippen molar-refractivity contribution in [3.63, 3.8) is 0 Å². The molecule has 0 aliphatic heterocycles. The molecule has 0 spiro atoms. The summed E-state index contributed by atoms with van der Waals surface area (Å²) in [4.78, 5) is 4.07. The summed E-state index contributed by atoms with van der Waals surface area (Å²) in [6.07, 6.45) is -2.30. The van der Waals surface area contributed by atoms with E-state index in [2.05, 4.69) is 10.4 Å². The van der Waals surface area contributed by atoms with Gasteiger partial charge in [-0.1, -0.05) is 0 Å². The minimum Gasteiger partial charge on any atom is -0.271 e. The lowest BCUT2D eigenvalue weighted by atomic mass is 10.2. The van der Waals surface area contributed by atoms with Gasteiger partial charge in [0.1, 0.15) is 0 Å². The molecule has 6 heteroatoms. The summed E-state index contributed by atoms with van der Waals surface area (Å²) < 4.78 is 24.5. The Bertz CT molecular complexity index is 264. The first kappa shape index (κ1) is 10.5. The number of alkyl halides is 2. The molecule has 74 valence electrons. The fourth-order valence-corrected chi connectivity index (χ4v) is 1.57. The van der Waals surface area contributed by atoms with Crippen LogP contribution in [0.2, 0.25) is 0 Å². The minimum atomic E-state index is -2.47. The Morgan fingerprint density at radius 1 is 1.69 bits per heavy atom. The van der Waals surface area contributed by atoms with E-state index in [1.54, 1.807) is 5.38 Å². The van der Waals surface area contributed by atoms with Crippen LogP contribution in [0.15, 0.2) is 5.38 Å². The molecule has 0 aromatic carbocycles. The van der Waals surface area contributed by atoms with Crippen LogP contribution in [0.5, 0.6) is 0 Å². The van der Waals surface area contributed by atoms with Gasteiger partial charge in [-0.3, -0.25) is 11.3 Å². The third kappa shape index (κ3) is 2.98. The van der Waals surface area contributed by atoms with Crippen LogP contribution < -0.4 is 11.3 Å². The number of aromatic nitrogens is 1. The van der Waals surface area contributed by atoms with Gasteiger partial charge in [0, 0.05) is 11.8 Å². The maximum atomic E-state index is 12.2. The van der Waals surface area contributed by atoms with Crippen LogP contribution in [0.4, 0.5) is 8.78 Å². The van der Waals surface area contributed by atoms with E-state index in [0.717, 1.165) is 5.01 Å². The van der Waals surface area contributed by atoms with Crippen molar-refractivity contribution in [1.82, 2.24) is 10.4 Å². The molecule has 1 aromatic rings. The zero-order valence-electron chi connectivity index (χ0n) is 7.13. The van der Waals surface area contributed by atoms with E-state index in [-0.39, 0.29) is 6.42 Å². The van der Waals surface area contributed by atoms with Crippen molar-refractivity contribution in [3.05, 3.63) is 16.1 Å². The normalized spacial score (nSPS) is 13.6. The Morgan fingerprint density at radius 2 is 2.38 bits per heavy atom. The second-order valence-corrected chi connectivity index (χ2v) is 3.73. The summed E-state index contributed by atoms with van der Waals surface area (Å²) in [6.45, 7) is 1.83. The molecule has 13 heavy (non-hydrogen) atoms. The van der Waals surface area contributed by atoms with Gasteiger partial charge in [0.05, 0.1) is 16.7 Å². The highest BCUT2D eigenvalue weighted by molar-refractivity contribution is 7.09. The molecular weight excluding hydrogens is 196 g/mol. The van der Waals surface area contributed by atoms with Gasteiger partial charge in [-0.05, 0) is 6.92 Å². The molecule has 0 saturated carbocycles. The molecule has 0 fully saturated rings. The number of rotatable bonds is 4. The Kier molecular flexibility index (Phi) is 3.71. The smallest absolute Gasteiger partial charge is 0.255 e. The average molecular weight is 207 g/mol. The van der Waals surface area contributed by atoms with E-state index < -0.39 is 12.5 Å². The van der Waals surface area contributed by atoms with Crippen molar-refractivity contribution in [2.24, 2.45) is 5.84 Å². The van der Waals surface area contributed by atoms with Gasteiger partial charge in [0.25, 0.3) is 6.43 Å². The SMILES string of the molecule is Cc1nc(CC(NN)C(F)F)cs1. The van der Waals surface area contributed by atoms with Crippen LogP contribution in [0.3, 0.4) is 0 Å². The number of thiazole rings is 1. The third-order valence-electron chi connectivity index (χ3n) is 1.61. The largest absolute Gasteiger partial charge is 0.271 e. The molecule has 3 N–H and O–H groups in total. The molecule has 0 saturated heterocycles. The van der Waals surface area contributed by atoms with Crippen LogP contribution >= 0.6 is 11.3 Å². The predicted octanol–water partition coefficient (Wildman–Crippen LogP) is 1.09. The highest BCUT2D eigenvalue weighted by Crippen LogP contribution is 2.12. The molecular formula is C7H11F2N3S. The second-order valence-electron chi connectivity index (χ2n) is 2.67. The van der Waals surface area contributed by atoms with E-state index in [4.69, 9.17) is 5.84 Å². The van der Waals surface area contributed by atoms with E-state index in [9.17, 15) is 8.78 Å². The number of aryl methyl sites for hydroxylation is 1. The fourth-order valence-electron chi connectivity index (χ4n) is 0.948. The van der Waals surface area contributed by atoms with Crippen molar-refractivity contribution in [2.75, 3.05) is 0 Å². The average Bonchev–Trinajstić information content (AvgIpc) is 2.46. The molecule has 1 atom stereocenters. The Hall–Kier alpha value is -0.590. The maximum absolute atomic E-state index is 12.2. The van der Waals surface area contributed by atoms with Gasteiger partial charge in [0.2, 0.25) is 0 Å². The van der Waals surface area contributed by atoms with Gasteiger partial charge in [-0.2, -0.15) is 0 Å². The monoisotopic (exact) mass is 207 g/mol. The minimum absolute atomic E-state index is 0.165. The first-order valence-electron chi connectivity index (χ1n) is 3.78. The Labute approximate surface area is 78.9 Å². The zero-order valence-corrected chi connectivity index (χ0v) is 7.94. The quantitative estimate of drug-likeness (QED) is 0.574. The van der Waals surface area contributed by atoms with Crippen molar-refractivity contribution < 1.29 is 8.78 Å². The molecule has 1 aromatic heterocycles. The molecule has 0 amide bonds. The van der Waals surface area contributed by atoms with Crippen LogP contribution in [-0.4, -0.2) is 17.5 Å². The number of nitrogens with zero attached hydrogens (tertiary/aromatic N) is 1. The lowest BCUT2D eigenvalue weighted by Crippen LogP contribution is -2.42. The molecule has 0 bridgehead atoms. The standard InChI is InChI=1S/C7H11F2N3S/c1-4-11-5(3-13-4)2-6(12-10)7(8)9/h3,6-7,12H,2,10H2,1H3. The molecule has 0 radical (unpaired) electrons. The van der Waals surface area contributed by atoms with Gasteiger partial charge >= 0.3 is 0 Å². The van der Waals surface area contributed by atoms with Gasteiger partial charge in [-0.25, -0.2) is 13.8 Å². The molecule has 1 unspecified atom stereocenters. The van der Waals surface area contributed by atoms with Crippen molar-refractivity contribution >= 4 is 11.3 Å². The second kappa shape index (κ2) is 4.59. The lowest BCUT2D eigenvalue weighted by Gasteiger charge is -2.12. The Morgan fingerprint density at radius 3 is 2.77 bits per heavy atom. The summed E-state index contributed by atoms with van der Waals surface area (Å²) in [7, 11) is 0. The van der Waals surface area contributed by atoms with Crippen LogP contribution in [0.1, 0.15) is 10.7 Å². The lowest BCUT2D eigenvalue weighted by molar-refractivity contribution is 0.0980. The fraction of sp³-hybridized carbons (Fsp3) is 0.571. The van der Waals surface area contributed by atoms with Crippen molar-refractivity contribution in [3.8, 4) is 0 Å². The number of hydrazine groups is 1. The highest BCUT2D eigenvalue weighted by atomic mass is 32.1. The van der Waals surface area contributed by atoms with Crippen molar-refractivity contribution in [2.45, 2.75) is 25.8 Å². The number of nitrogens with one attached hydrogen (secondary N) is 1. The number of nitrogens with two attached hydrogens (primary N) is 1. The summed E-state index contributed by atoms with van der Waals surface area (Å²) in [5.74, 6) is 4.97. The summed E-state index contributed by atoms with van der Waals surface area (Å²) in [5.41, 5.74) is 2.73. The first-order chi connectivity index (χ1) is 6.13. The van der Waals surface area contributed by atoms with E-state index in [1.165, 1.54) is 11.3 Å². The van der Waals surface area contributed by atoms with Crippen LogP contribution in [0, 0.1) is 6.92 Å². The predicted molar refractivity (Wildman–Crippen MR) is 47.7 cm³/mol. The molecule has 0 aliphatic carbocycles. The first-order valence-corrected chi connectivity index (χ1v) is 4.66. The number of hydrogen-bond acceptors (Lipinski definition) is 4. The number of hydrogen-bond donors (Lipinski definition) is 2. The van der Waals surface area contributed by atoms with E-state index in [0.29, 0.717) is 5.69 Å². The molecule has 1 rings (SSSR count). The summed E-state index contributed by atoms with van der Waals surface area (Å²) in [5, 5.41) is 2.64. The number of halogens is 2. The van der Waals surface area contributed by atoms with Gasteiger partial charge in [0.15, 0.2) is 0 Å². The highest BCUT2D eigenvalue weighted by Gasteiger charge is 2.19. The van der Waals surface area contributed by atoms with Crippen LogP contribution in [0.25, 0.3) is 0 Å². The topological polar surface area (TPSA) is 50.9 Å². The Balaban J connectivity index is 2.56. The van der Waals surface area contributed by atoms with Crippen molar-refractivity contribution in [1.29, 1.82) is 0 Å². The third-order valence-corrected chi connectivity index (χ3v) is 2.44.